The van der Waals surface area contributed by atoms with Crippen LogP contribution in [0.5, 0.6) is 0 Å². The van der Waals surface area contributed by atoms with E-state index in [1.807, 2.05) is 13.8 Å². The van der Waals surface area contributed by atoms with E-state index in [2.05, 4.69) is 15.3 Å². The molecule has 0 atom stereocenters. The minimum atomic E-state index is -0.503. The molecule has 0 fully saturated rings. The van der Waals surface area contributed by atoms with Gasteiger partial charge >= 0.3 is 0 Å². The fourth-order valence-corrected chi connectivity index (χ4v) is 1.92. The molecule has 0 radical (unpaired) electrons. The first-order chi connectivity index (χ1) is 9.50. The van der Waals surface area contributed by atoms with Gasteiger partial charge in [0.05, 0.1) is 5.56 Å². The van der Waals surface area contributed by atoms with Crippen LogP contribution in [0.25, 0.3) is 0 Å². The van der Waals surface area contributed by atoms with Gasteiger partial charge in [0.15, 0.2) is 0 Å². The summed E-state index contributed by atoms with van der Waals surface area (Å²) >= 11 is 0. The maximum Gasteiger partial charge on any atom is 0.254 e. The van der Waals surface area contributed by atoms with Gasteiger partial charge in [-0.1, -0.05) is 32.0 Å². The lowest BCUT2D eigenvalue weighted by molar-refractivity contribution is 0.0944. The molecule has 0 aliphatic heterocycles. The van der Waals surface area contributed by atoms with E-state index in [9.17, 15) is 9.18 Å². The highest BCUT2D eigenvalue weighted by Crippen LogP contribution is 2.24. The normalized spacial score (nSPS) is 11.2. The first kappa shape index (κ1) is 14.1. The van der Waals surface area contributed by atoms with Crippen LogP contribution < -0.4 is 5.32 Å². The Bertz CT molecular complexity index is 599. The second-order valence-corrected chi connectivity index (χ2v) is 5.17. The molecule has 104 valence electrons. The summed E-state index contributed by atoms with van der Waals surface area (Å²) in [5, 5.41) is 2.78. The van der Waals surface area contributed by atoms with E-state index in [0.29, 0.717) is 17.7 Å². The van der Waals surface area contributed by atoms with Crippen molar-refractivity contribution < 1.29 is 9.18 Å². The number of halogens is 1. The van der Waals surface area contributed by atoms with E-state index in [-0.39, 0.29) is 11.7 Å². The van der Waals surface area contributed by atoms with Crippen molar-refractivity contribution in [2.75, 3.05) is 6.54 Å². The van der Waals surface area contributed by atoms with Crippen LogP contribution in [-0.4, -0.2) is 22.4 Å². The number of rotatable bonds is 4. The maximum absolute atomic E-state index is 13.8. The Morgan fingerprint density at radius 2 is 1.90 bits per heavy atom. The zero-order valence-electron chi connectivity index (χ0n) is 11.4. The minimum absolute atomic E-state index is 0.269. The maximum atomic E-state index is 13.8. The molecule has 5 heteroatoms. The van der Waals surface area contributed by atoms with Crippen LogP contribution in [0, 0.1) is 5.82 Å². The topological polar surface area (TPSA) is 54.9 Å². The SMILES string of the molecule is CC(C)(CNC(=O)c1cncnc1)c1ccccc1F. The third kappa shape index (κ3) is 3.17. The smallest absolute Gasteiger partial charge is 0.254 e. The molecule has 0 spiro atoms. The fourth-order valence-electron chi connectivity index (χ4n) is 1.92. The molecule has 2 rings (SSSR count). The van der Waals surface area contributed by atoms with Gasteiger partial charge in [-0.25, -0.2) is 14.4 Å². The Kier molecular flexibility index (Phi) is 4.08. The lowest BCUT2D eigenvalue weighted by Crippen LogP contribution is -2.37. The molecule has 1 aromatic heterocycles. The van der Waals surface area contributed by atoms with Crippen LogP contribution in [0.1, 0.15) is 29.8 Å². The van der Waals surface area contributed by atoms with Crippen LogP contribution in [-0.2, 0) is 5.41 Å². The lowest BCUT2D eigenvalue weighted by atomic mass is 9.84. The van der Waals surface area contributed by atoms with E-state index >= 15 is 0 Å². The molecule has 1 aromatic carbocycles. The average molecular weight is 273 g/mol. The highest BCUT2D eigenvalue weighted by atomic mass is 19.1. The molecule has 0 saturated carbocycles. The summed E-state index contributed by atoms with van der Waals surface area (Å²) in [6.07, 6.45) is 4.25. The van der Waals surface area contributed by atoms with Gasteiger partial charge in [-0.05, 0) is 11.6 Å². The van der Waals surface area contributed by atoms with Crippen molar-refractivity contribution in [2.24, 2.45) is 0 Å². The predicted octanol–water partition coefficient (Wildman–Crippen LogP) is 2.32. The Morgan fingerprint density at radius 1 is 1.25 bits per heavy atom. The summed E-state index contributed by atoms with van der Waals surface area (Å²) in [4.78, 5) is 19.5. The lowest BCUT2D eigenvalue weighted by Gasteiger charge is -2.26. The molecule has 0 saturated heterocycles. The third-order valence-electron chi connectivity index (χ3n) is 3.12. The first-order valence-corrected chi connectivity index (χ1v) is 6.29. The summed E-state index contributed by atoms with van der Waals surface area (Å²) in [5.74, 6) is -0.537. The second kappa shape index (κ2) is 5.77. The Hall–Kier alpha value is -2.30. The Labute approximate surface area is 117 Å². The van der Waals surface area contributed by atoms with Gasteiger partial charge < -0.3 is 5.32 Å². The van der Waals surface area contributed by atoms with Crippen molar-refractivity contribution >= 4 is 5.91 Å². The number of hydrogen-bond donors (Lipinski definition) is 1. The van der Waals surface area contributed by atoms with Crippen LogP contribution in [0.15, 0.2) is 43.0 Å². The van der Waals surface area contributed by atoms with Crippen LogP contribution >= 0.6 is 0 Å². The van der Waals surface area contributed by atoms with E-state index in [1.165, 1.54) is 24.8 Å². The van der Waals surface area contributed by atoms with Gasteiger partial charge in [-0.15, -0.1) is 0 Å². The molecule has 20 heavy (non-hydrogen) atoms. The number of nitrogens with one attached hydrogen (secondary N) is 1. The van der Waals surface area contributed by atoms with E-state index in [0.717, 1.165) is 0 Å². The van der Waals surface area contributed by atoms with Crippen molar-refractivity contribution in [3.63, 3.8) is 0 Å². The molecule has 0 aliphatic carbocycles. The standard InChI is InChI=1S/C15H16FN3O/c1-15(2,12-5-3-4-6-13(12)16)9-19-14(20)11-7-17-10-18-8-11/h3-8,10H,9H2,1-2H3,(H,19,20). The van der Waals surface area contributed by atoms with Crippen LogP contribution in [0.2, 0.25) is 0 Å². The summed E-state index contributed by atoms with van der Waals surface area (Å²) in [7, 11) is 0. The van der Waals surface area contributed by atoms with Crippen molar-refractivity contribution in [1.82, 2.24) is 15.3 Å². The zero-order valence-corrected chi connectivity index (χ0v) is 11.4. The number of aromatic nitrogens is 2. The van der Waals surface area contributed by atoms with Gasteiger partial charge in [0.1, 0.15) is 12.1 Å². The molecule has 1 amide bonds. The monoisotopic (exact) mass is 273 g/mol. The quantitative estimate of drug-likeness (QED) is 0.930. The number of nitrogens with zero attached hydrogens (tertiary/aromatic N) is 2. The number of carbonyl (C=O) groups is 1. The van der Waals surface area contributed by atoms with Crippen molar-refractivity contribution in [3.8, 4) is 0 Å². The highest BCUT2D eigenvalue weighted by Gasteiger charge is 2.24. The van der Waals surface area contributed by atoms with Crippen molar-refractivity contribution in [3.05, 3.63) is 59.9 Å². The molecule has 0 aliphatic rings. The summed E-state index contributed by atoms with van der Waals surface area (Å²) in [6.45, 7) is 4.09. The molecule has 4 nitrogen and oxygen atoms in total. The fraction of sp³-hybridized carbons (Fsp3) is 0.267. The van der Waals surface area contributed by atoms with Gasteiger partial charge in [0, 0.05) is 24.4 Å². The van der Waals surface area contributed by atoms with Crippen LogP contribution in [0.3, 0.4) is 0 Å². The van der Waals surface area contributed by atoms with Gasteiger partial charge in [-0.3, -0.25) is 4.79 Å². The number of amides is 1. The average Bonchev–Trinajstić information content (AvgIpc) is 2.46. The number of carbonyl (C=O) groups excluding carboxylic acids is 1. The largest absolute Gasteiger partial charge is 0.351 e. The summed E-state index contributed by atoms with van der Waals surface area (Å²) in [6, 6.07) is 6.58. The van der Waals surface area contributed by atoms with Gasteiger partial charge in [-0.2, -0.15) is 0 Å². The van der Waals surface area contributed by atoms with Crippen molar-refractivity contribution in [2.45, 2.75) is 19.3 Å². The molecule has 0 bridgehead atoms. The second-order valence-electron chi connectivity index (χ2n) is 5.17. The molecular formula is C15H16FN3O. The van der Waals surface area contributed by atoms with Gasteiger partial charge in [0.2, 0.25) is 0 Å². The minimum Gasteiger partial charge on any atom is -0.351 e. The molecule has 1 N–H and O–H groups in total. The third-order valence-corrected chi connectivity index (χ3v) is 3.12. The zero-order chi connectivity index (χ0) is 14.6. The Morgan fingerprint density at radius 3 is 2.55 bits per heavy atom. The molecule has 2 aromatic rings. The highest BCUT2D eigenvalue weighted by molar-refractivity contribution is 5.93. The summed E-state index contributed by atoms with van der Waals surface area (Å²) < 4.78 is 13.8. The molecule has 1 heterocycles. The first-order valence-electron chi connectivity index (χ1n) is 6.29. The molecular weight excluding hydrogens is 257 g/mol. The van der Waals surface area contributed by atoms with Gasteiger partial charge in [0.25, 0.3) is 5.91 Å². The van der Waals surface area contributed by atoms with Crippen molar-refractivity contribution in [1.29, 1.82) is 0 Å². The van der Waals surface area contributed by atoms with Crippen LogP contribution in [0.4, 0.5) is 4.39 Å². The van der Waals surface area contributed by atoms with E-state index in [4.69, 9.17) is 0 Å². The van der Waals surface area contributed by atoms with E-state index < -0.39 is 5.41 Å². The number of hydrogen-bond acceptors (Lipinski definition) is 3. The van der Waals surface area contributed by atoms with E-state index in [1.54, 1.807) is 18.2 Å². The number of benzene rings is 1. The predicted molar refractivity (Wildman–Crippen MR) is 73.8 cm³/mol. The summed E-state index contributed by atoms with van der Waals surface area (Å²) in [5.41, 5.74) is 0.456. The Balaban J connectivity index is 2.07. The molecule has 0 unspecified atom stereocenters.